The highest BCUT2D eigenvalue weighted by Crippen LogP contribution is 2.38. The Kier molecular flexibility index (Phi) is 1.67. The number of nitrogens with zero attached hydrogens (tertiary/aromatic N) is 1. The van der Waals surface area contributed by atoms with Crippen molar-refractivity contribution >= 4 is 0 Å². The van der Waals surface area contributed by atoms with Crippen LogP contribution in [0, 0.1) is 5.41 Å². The van der Waals surface area contributed by atoms with Crippen molar-refractivity contribution in [1.29, 1.82) is 0 Å². The molecule has 0 saturated carbocycles. The van der Waals surface area contributed by atoms with E-state index in [9.17, 15) is 0 Å². The largest absolute Gasteiger partial charge is 0.363 e. The quantitative estimate of drug-likeness (QED) is 0.537. The maximum atomic E-state index is 5.69. The van der Waals surface area contributed by atoms with Gasteiger partial charge in [0.1, 0.15) is 6.23 Å². The monoisotopic (exact) mass is 156 g/mol. The van der Waals surface area contributed by atoms with Crippen molar-refractivity contribution in [3.05, 3.63) is 0 Å². The predicted molar refractivity (Wildman–Crippen MR) is 43.1 cm³/mol. The molecule has 11 heavy (non-hydrogen) atoms. The van der Waals surface area contributed by atoms with Crippen LogP contribution in [0.1, 0.15) is 12.8 Å². The van der Waals surface area contributed by atoms with E-state index in [1.165, 1.54) is 19.5 Å². The van der Waals surface area contributed by atoms with Gasteiger partial charge in [-0.25, -0.2) is 0 Å². The van der Waals surface area contributed by atoms with Crippen molar-refractivity contribution in [3.8, 4) is 0 Å². The lowest BCUT2D eigenvalue weighted by molar-refractivity contribution is 0.1000. The Balaban J connectivity index is 2.02. The second kappa shape index (κ2) is 2.44. The maximum absolute atomic E-state index is 5.69. The highest BCUT2D eigenvalue weighted by atomic mass is 16.5. The van der Waals surface area contributed by atoms with Crippen LogP contribution < -0.4 is 5.73 Å². The normalized spacial score (nSPS) is 45.8. The van der Waals surface area contributed by atoms with E-state index >= 15 is 0 Å². The fourth-order valence-electron chi connectivity index (χ4n) is 2.27. The summed E-state index contributed by atoms with van der Waals surface area (Å²) in [6.45, 7) is 3.25. The van der Waals surface area contributed by atoms with E-state index in [0.717, 1.165) is 13.0 Å². The molecular weight excluding hydrogens is 140 g/mol. The van der Waals surface area contributed by atoms with Gasteiger partial charge in [-0.3, -0.25) is 0 Å². The number of likely N-dealkylation sites (tertiary alicyclic amines) is 1. The van der Waals surface area contributed by atoms with Gasteiger partial charge in [0, 0.05) is 12.0 Å². The fourth-order valence-corrected chi connectivity index (χ4v) is 2.27. The molecular formula is C8H16N2O. The van der Waals surface area contributed by atoms with Gasteiger partial charge in [-0.15, -0.1) is 0 Å². The zero-order valence-corrected chi connectivity index (χ0v) is 7.05. The van der Waals surface area contributed by atoms with Gasteiger partial charge >= 0.3 is 0 Å². The van der Waals surface area contributed by atoms with Crippen LogP contribution in [-0.4, -0.2) is 37.9 Å². The molecule has 64 valence electrons. The summed E-state index contributed by atoms with van der Waals surface area (Å²) in [4.78, 5) is 2.36. The maximum Gasteiger partial charge on any atom is 0.106 e. The summed E-state index contributed by atoms with van der Waals surface area (Å²) in [7, 11) is 2.17. The van der Waals surface area contributed by atoms with Crippen molar-refractivity contribution in [1.82, 2.24) is 4.90 Å². The average Bonchev–Trinajstić information content (AvgIpc) is 2.44. The van der Waals surface area contributed by atoms with Gasteiger partial charge in [0.25, 0.3) is 0 Å². The smallest absolute Gasteiger partial charge is 0.106 e. The molecule has 0 radical (unpaired) electrons. The molecule has 3 nitrogen and oxygen atoms in total. The van der Waals surface area contributed by atoms with E-state index in [1.54, 1.807) is 0 Å². The Labute approximate surface area is 67.5 Å². The fraction of sp³-hybridized carbons (Fsp3) is 1.00. The van der Waals surface area contributed by atoms with E-state index in [4.69, 9.17) is 10.5 Å². The minimum atomic E-state index is 0.00139. The molecule has 0 aromatic heterocycles. The molecule has 2 fully saturated rings. The third-order valence-electron chi connectivity index (χ3n) is 2.87. The van der Waals surface area contributed by atoms with Gasteiger partial charge < -0.3 is 15.4 Å². The van der Waals surface area contributed by atoms with Crippen LogP contribution in [0.5, 0.6) is 0 Å². The second-order valence-electron chi connectivity index (χ2n) is 4.04. The van der Waals surface area contributed by atoms with Crippen LogP contribution in [0.3, 0.4) is 0 Å². The van der Waals surface area contributed by atoms with Crippen molar-refractivity contribution in [3.63, 3.8) is 0 Å². The minimum Gasteiger partial charge on any atom is -0.363 e. The summed E-state index contributed by atoms with van der Waals surface area (Å²) in [6.07, 6.45) is 2.32. The Morgan fingerprint density at radius 1 is 1.64 bits per heavy atom. The van der Waals surface area contributed by atoms with Crippen molar-refractivity contribution in [2.24, 2.45) is 11.1 Å². The Morgan fingerprint density at radius 2 is 2.45 bits per heavy atom. The summed E-state index contributed by atoms with van der Waals surface area (Å²) in [6, 6.07) is 0. The number of hydrogen-bond donors (Lipinski definition) is 1. The molecule has 2 rings (SSSR count). The van der Waals surface area contributed by atoms with Crippen LogP contribution >= 0.6 is 0 Å². The Bertz CT molecular complexity index is 142. The first kappa shape index (κ1) is 7.53. The first-order valence-corrected chi connectivity index (χ1v) is 4.26. The molecule has 0 bridgehead atoms. The Morgan fingerprint density at radius 3 is 2.91 bits per heavy atom. The van der Waals surface area contributed by atoms with Crippen LogP contribution in [0.25, 0.3) is 0 Å². The van der Waals surface area contributed by atoms with E-state index in [-0.39, 0.29) is 6.23 Å². The summed E-state index contributed by atoms with van der Waals surface area (Å²) in [5.74, 6) is 0. The van der Waals surface area contributed by atoms with Crippen molar-refractivity contribution in [2.45, 2.75) is 19.1 Å². The second-order valence-corrected chi connectivity index (χ2v) is 4.04. The number of rotatable bonds is 0. The average molecular weight is 156 g/mol. The molecule has 0 aromatic rings. The lowest BCUT2D eigenvalue weighted by Crippen LogP contribution is -2.26. The standard InChI is InChI=1S/C8H16N2O/c1-10-3-2-8(5-10)4-7(9)11-6-8/h7H,2-6,9H2,1H3. The van der Waals surface area contributed by atoms with Crippen LogP contribution in [0.4, 0.5) is 0 Å². The van der Waals surface area contributed by atoms with Gasteiger partial charge in [0.15, 0.2) is 0 Å². The molecule has 0 aliphatic carbocycles. The molecule has 3 heteroatoms. The lowest BCUT2D eigenvalue weighted by Gasteiger charge is -2.19. The summed E-state index contributed by atoms with van der Waals surface area (Å²) in [5, 5.41) is 0. The van der Waals surface area contributed by atoms with Gasteiger partial charge in [0.05, 0.1) is 6.61 Å². The molecule has 2 saturated heterocycles. The lowest BCUT2D eigenvalue weighted by atomic mass is 9.86. The van der Waals surface area contributed by atoms with E-state index in [1.807, 2.05) is 0 Å². The number of ether oxygens (including phenoxy) is 1. The van der Waals surface area contributed by atoms with Crippen LogP contribution in [-0.2, 0) is 4.74 Å². The van der Waals surface area contributed by atoms with Crippen LogP contribution in [0.15, 0.2) is 0 Å². The molecule has 2 aliphatic heterocycles. The van der Waals surface area contributed by atoms with Crippen LogP contribution in [0.2, 0.25) is 0 Å². The number of nitrogens with two attached hydrogens (primary N) is 1. The summed E-state index contributed by atoms with van der Waals surface area (Å²) < 4.78 is 5.39. The zero-order chi connectivity index (χ0) is 7.90. The highest BCUT2D eigenvalue weighted by molar-refractivity contribution is 4.93. The molecule has 2 N–H and O–H groups in total. The number of hydrogen-bond acceptors (Lipinski definition) is 3. The highest BCUT2D eigenvalue weighted by Gasteiger charge is 2.42. The van der Waals surface area contributed by atoms with Gasteiger partial charge in [-0.05, 0) is 26.4 Å². The third-order valence-corrected chi connectivity index (χ3v) is 2.87. The topological polar surface area (TPSA) is 38.5 Å². The van der Waals surface area contributed by atoms with Gasteiger partial charge in [-0.2, -0.15) is 0 Å². The third kappa shape index (κ3) is 1.28. The summed E-state index contributed by atoms with van der Waals surface area (Å²) >= 11 is 0. The summed E-state index contributed by atoms with van der Waals surface area (Å²) in [5.41, 5.74) is 6.10. The van der Waals surface area contributed by atoms with E-state index in [2.05, 4.69) is 11.9 Å². The van der Waals surface area contributed by atoms with E-state index in [0.29, 0.717) is 5.41 Å². The van der Waals surface area contributed by atoms with Crippen molar-refractivity contribution < 1.29 is 4.74 Å². The molecule has 2 unspecified atom stereocenters. The molecule has 2 atom stereocenters. The predicted octanol–water partition coefficient (Wildman–Crippen LogP) is 0.0134. The first-order valence-electron chi connectivity index (χ1n) is 4.26. The van der Waals surface area contributed by atoms with E-state index < -0.39 is 0 Å². The molecule has 2 heterocycles. The van der Waals surface area contributed by atoms with Gasteiger partial charge in [0.2, 0.25) is 0 Å². The molecule has 0 aromatic carbocycles. The Hall–Kier alpha value is -0.120. The first-order chi connectivity index (χ1) is 5.20. The molecule has 1 spiro atoms. The van der Waals surface area contributed by atoms with Gasteiger partial charge in [-0.1, -0.05) is 0 Å². The van der Waals surface area contributed by atoms with Crippen molar-refractivity contribution in [2.75, 3.05) is 26.7 Å². The molecule has 0 amide bonds. The molecule has 2 aliphatic rings. The minimum absolute atomic E-state index is 0.00139. The zero-order valence-electron chi connectivity index (χ0n) is 7.05. The SMILES string of the molecule is CN1CCC2(COC(N)C2)C1.